The number of piperazine rings is 1. The average molecular weight is 431 g/mol. The number of nitrogens with one attached hydrogen (secondary N) is 1. The van der Waals surface area contributed by atoms with Gasteiger partial charge in [0.15, 0.2) is 0 Å². The highest BCUT2D eigenvalue weighted by Gasteiger charge is 2.37. The standard InChI is InChI=1S/C18H27ClN4O4S/c1-13-4-5-16(10-17(13)19)20-18(24)21-6-8-22(9-7-21)28(25,26)23-11-14(2)27-15(3)12-23/h4-5,10,14-15H,6-9,11-12H2,1-3H3,(H,20,24). The summed E-state index contributed by atoms with van der Waals surface area (Å²) in [4.78, 5) is 14.1. The van der Waals surface area contributed by atoms with Gasteiger partial charge in [-0.25, -0.2) is 4.79 Å². The van der Waals surface area contributed by atoms with E-state index in [1.54, 1.807) is 17.0 Å². The highest BCUT2D eigenvalue weighted by atomic mass is 35.5. The molecule has 28 heavy (non-hydrogen) atoms. The molecule has 10 heteroatoms. The number of ether oxygens (including phenoxy) is 1. The van der Waals surface area contributed by atoms with Gasteiger partial charge in [-0.2, -0.15) is 17.0 Å². The Morgan fingerprint density at radius 2 is 1.71 bits per heavy atom. The van der Waals surface area contributed by atoms with Crippen LogP contribution in [0.2, 0.25) is 5.02 Å². The van der Waals surface area contributed by atoms with Crippen molar-refractivity contribution in [1.82, 2.24) is 13.5 Å². The van der Waals surface area contributed by atoms with Crippen LogP contribution in [0.5, 0.6) is 0 Å². The van der Waals surface area contributed by atoms with Gasteiger partial charge >= 0.3 is 6.03 Å². The van der Waals surface area contributed by atoms with E-state index in [0.717, 1.165) is 5.56 Å². The number of carbonyl (C=O) groups excluding carboxylic acids is 1. The van der Waals surface area contributed by atoms with E-state index in [0.29, 0.717) is 36.9 Å². The largest absolute Gasteiger partial charge is 0.373 e. The molecule has 2 atom stereocenters. The molecule has 0 saturated carbocycles. The van der Waals surface area contributed by atoms with Crippen molar-refractivity contribution in [3.05, 3.63) is 28.8 Å². The Bertz CT molecular complexity index is 817. The zero-order valence-electron chi connectivity index (χ0n) is 16.4. The number of hydrogen-bond acceptors (Lipinski definition) is 4. The zero-order valence-corrected chi connectivity index (χ0v) is 18.0. The van der Waals surface area contributed by atoms with Crippen LogP contribution in [0.3, 0.4) is 0 Å². The van der Waals surface area contributed by atoms with Crippen molar-refractivity contribution in [3.8, 4) is 0 Å². The average Bonchev–Trinajstić information content (AvgIpc) is 2.64. The fourth-order valence-electron chi connectivity index (χ4n) is 3.48. The van der Waals surface area contributed by atoms with E-state index in [4.69, 9.17) is 16.3 Å². The maximum atomic E-state index is 12.9. The number of nitrogens with zero attached hydrogens (tertiary/aromatic N) is 3. The van der Waals surface area contributed by atoms with Crippen LogP contribution in [0.25, 0.3) is 0 Å². The first-order chi connectivity index (χ1) is 13.2. The van der Waals surface area contributed by atoms with E-state index in [1.807, 2.05) is 26.8 Å². The summed E-state index contributed by atoms with van der Waals surface area (Å²) in [7, 11) is -3.56. The number of halogens is 1. The second kappa shape index (κ2) is 8.54. The lowest BCUT2D eigenvalue weighted by Gasteiger charge is -2.40. The molecular formula is C18H27ClN4O4S. The topological polar surface area (TPSA) is 82.2 Å². The molecule has 2 unspecified atom stereocenters. The number of urea groups is 1. The maximum Gasteiger partial charge on any atom is 0.321 e. The SMILES string of the molecule is Cc1ccc(NC(=O)N2CCN(S(=O)(=O)N3CC(C)OC(C)C3)CC2)cc1Cl. The molecule has 1 aromatic carbocycles. The Kier molecular flexibility index (Phi) is 6.51. The minimum atomic E-state index is -3.56. The predicted octanol–water partition coefficient (Wildman–Crippen LogP) is 2.15. The molecule has 2 heterocycles. The van der Waals surface area contributed by atoms with E-state index in [1.165, 1.54) is 8.61 Å². The number of benzene rings is 1. The molecule has 0 aliphatic carbocycles. The Balaban J connectivity index is 1.57. The van der Waals surface area contributed by atoms with Gasteiger partial charge in [0.2, 0.25) is 0 Å². The highest BCUT2D eigenvalue weighted by molar-refractivity contribution is 7.86. The number of aryl methyl sites for hydroxylation is 1. The molecule has 156 valence electrons. The number of carbonyl (C=O) groups is 1. The predicted molar refractivity (Wildman–Crippen MR) is 109 cm³/mol. The van der Waals surface area contributed by atoms with Crippen LogP contribution in [0.1, 0.15) is 19.4 Å². The Morgan fingerprint density at radius 1 is 1.11 bits per heavy atom. The fraction of sp³-hybridized carbons (Fsp3) is 0.611. The van der Waals surface area contributed by atoms with Crippen molar-refractivity contribution < 1.29 is 17.9 Å². The summed E-state index contributed by atoms with van der Waals surface area (Å²) in [6.07, 6.45) is -0.265. The quantitative estimate of drug-likeness (QED) is 0.796. The number of rotatable bonds is 3. The Labute approximate surface area is 171 Å². The lowest BCUT2D eigenvalue weighted by Crippen LogP contribution is -2.58. The second-order valence-corrected chi connectivity index (χ2v) is 9.70. The second-order valence-electron chi connectivity index (χ2n) is 7.36. The summed E-state index contributed by atoms with van der Waals surface area (Å²) >= 11 is 6.09. The summed E-state index contributed by atoms with van der Waals surface area (Å²) in [5.41, 5.74) is 1.55. The minimum absolute atomic E-state index is 0.132. The first-order valence-corrected chi connectivity index (χ1v) is 11.2. The van der Waals surface area contributed by atoms with Crippen molar-refractivity contribution in [3.63, 3.8) is 0 Å². The summed E-state index contributed by atoms with van der Waals surface area (Å²) in [6.45, 7) is 7.54. The smallest absolute Gasteiger partial charge is 0.321 e. The molecule has 1 N–H and O–H groups in total. The highest BCUT2D eigenvalue weighted by Crippen LogP contribution is 2.21. The van der Waals surface area contributed by atoms with Gasteiger partial charge in [-0.15, -0.1) is 0 Å². The van der Waals surface area contributed by atoms with Gasteiger partial charge in [-0.1, -0.05) is 17.7 Å². The van der Waals surface area contributed by atoms with Crippen LogP contribution >= 0.6 is 11.6 Å². The third-order valence-electron chi connectivity index (χ3n) is 4.99. The maximum absolute atomic E-state index is 12.9. The lowest BCUT2D eigenvalue weighted by atomic mass is 10.2. The molecule has 2 fully saturated rings. The third-order valence-corrected chi connectivity index (χ3v) is 7.36. The normalized spacial score (nSPS) is 24.9. The fourth-order valence-corrected chi connectivity index (χ4v) is 5.41. The molecule has 1 aromatic rings. The molecule has 2 aliphatic rings. The van der Waals surface area contributed by atoms with Crippen molar-refractivity contribution >= 4 is 33.5 Å². The minimum Gasteiger partial charge on any atom is -0.373 e. The summed E-state index contributed by atoms with van der Waals surface area (Å²) in [6, 6.07) is 5.08. The Hall–Kier alpha value is -1.39. The lowest BCUT2D eigenvalue weighted by molar-refractivity contribution is -0.0456. The summed E-state index contributed by atoms with van der Waals surface area (Å²) in [5, 5.41) is 3.40. The Morgan fingerprint density at radius 3 is 2.29 bits per heavy atom. The first-order valence-electron chi connectivity index (χ1n) is 9.39. The molecule has 8 nitrogen and oxygen atoms in total. The van der Waals surface area contributed by atoms with Crippen molar-refractivity contribution in [2.75, 3.05) is 44.6 Å². The van der Waals surface area contributed by atoms with Gasteiger partial charge < -0.3 is 15.0 Å². The van der Waals surface area contributed by atoms with Crippen LogP contribution in [-0.2, 0) is 14.9 Å². The van der Waals surface area contributed by atoms with E-state index in [-0.39, 0.29) is 31.3 Å². The van der Waals surface area contributed by atoms with Gasteiger partial charge in [0, 0.05) is 50.0 Å². The number of amides is 2. The van der Waals surface area contributed by atoms with E-state index < -0.39 is 10.2 Å². The van der Waals surface area contributed by atoms with Crippen LogP contribution in [0.4, 0.5) is 10.5 Å². The molecule has 0 spiro atoms. The van der Waals surface area contributed by atoms with E-state index in [9.17, 15) is 13.2 Å². The number of hydrogen-bond donors (Lipinski definition) is 1. The molecular weight excluding hydrogens is 404 g/mol. The zero-order chi connectivity index (χ0) is 20.5. The number of morpholine rings is 1. The van der Waals surface area contributed by atoms with Gasteiger partial charge in [-0.3, -0.25) is 0 Å². The molecule has 2 saturated heterocycles. The van der Waals surface area contributed by atoms with Crippen LogP contribution in [0, 0.1) is 6.92 Å². The van der Waals surface area contributed by atoms with Gasteiger partial charge in [0.05, 0.1) is 12.2 Å². The summed E-state index contributed by atoms with van der Waals surface area (Å²) in [5.74, 6) is 0. The first kappa shape index (κ1) is 21.3. The van der Waals surface area contributed by atoms with Crippen LogP contribution in [0.15, 0.2) is 18.2 Å². The van der Waals surface area contributed by atoms with Crippen molar-refractivity contribution in [1.29, 1.82) is 0 Å². The molecule has 2 aliphatic heterocycles. The third kappa shape index (κ3) is 4.77. The molecule has 3 rings (SSSR count). The van der Waals surface area contributed by atoms with Crippen molar-refractivity contribution in [2.45, 2.75) is 33.0 Å². The molecule has 0 bridgehead atoms. The molecule has 0 radical (unpaired) electrons. The van der Waals surface area contributed by atoms with E-state index in [2.05, 4.69) is 5.32 Å². The van der Waals surface area contributed by atoms with Gasteiger partial charge in [-0.05, 0) is 38.5 Å². The van der Waals surface area contributed by atoms with Crippen molar-refractivity contribution in [2.24, 2.45) is 0 Å². The van der Waals surface area contributed by atoms with Gasteiger partial charge in [0.25, 0.3) is 10.2 Å². The monoisotopic (exact) mass is 430 g/mol. The van der Waals surface area contributed by atoms with Crippen LogP contribution < -0.4 is 5.32 Å². The number of anilines is 1. The molecule has 0 aromatic heterocycles. The van der Waals surface area contributed by atoms with Gasteiger partial charge in [0.1, 0.15) is 0 Å². The molecule has 2 amide bonds. The van der Waals surface area contributed by atoms with E-state index >= 15 is 0 Å². The summed E-state index contributed by atoms with van der Waals surface area (Å²) < 4.78 is 34.4. The van der Waals surface area contributed by atoms with Crippen LogP contribution in [-0.4, -0.2) is 79.4 Å².